The second kappa shape index (κ2) is 6.91. The van der Waals surface area contributed by atoms with Crippen LogP contribution >= 0.6 is 0 Å². The highest BCUT2D eigenvalue weighted by atomic mass is 15.1. The number of fused-ring (bicyclic) bond motifs is 2. The van der Waals surface area contributed by atoms with Gasteiger partial charge in [0.25, 0.3) is 0 Å². The molecule has 2 N–H and O–H groups in total. The lowest BCUT2D eigenvalue weighted by molar-refractivity contribution is 1.13. The second-order valence-electron chi connectivity index (χ2n) is 7.91. The summed E-state index contributed by atoms with van der Waals surface area (Å²) in [6.07, 6.45) is 0. The van der Waals surface area contributed by atoms with E-state index in [1.165, 1.54) is 0 Å². The van der Waals surface area contributed by atoms with Crippen LogP contribution in [0.4, 0.5) is 11.4 Å². The van der Waals surface area contributed by atoms with Crippen molar-refractivity contribution in [1.82, 2.24) is 19.9 Å². The number of nitrogens with zero attached hydrogens (tertiary/aromatic N) is 4. The molecule has 0 aliphatic heterocycles. The lowest BCUT2D eigenvalue weighted by Crippen LogP contribution is -2.07. The molecule has 5 rings (SSSR count). The second-order valence-corrected chi connectivity index (χ2v) is 7.91. The number of anilines is 2. The van der Waals surface area contributed by atoms with Crippen LogP contribution in [-0.4, -0.2) is 48.1 Å². The van der Waals surface area contributed by atoms with E-state index < -0.39 is 0 Å². The Hall–Kier alpha value is -3.80. The van der Waals surface area contributed by atoms with Crippen LogP contribution in [0.3, 0.4) is 0 Å². The van der Waals surface area contributed by atoms with Gasteiger partial charge in [-0.1, -0.05) is 24.3 Å². The molecule has 0 aliphatic carbocycles. The molecule has 2 aromatic heterocycles. The van der Waals surface area contributed by atoms with Crippen molar-refractivity contribution >= 4 is 33.4 Å². The molecule has 0 saturated heterocycles. The molecule has 0 atom stereocenters. The summed E-state index contributed by atoms with van der Waals surface area (Å²) in [7, 11) is 8.15. The van der Waals surface area contributed by atoms with Crippen molar-refractivity contribution < 1.29 is 0 Å². The lowest BCUT2D eigenvalue weighted by Gasteiger charge is -2.11. The van der Waals surface area contributed by atoms with Gasteiger partial charge in [-0.15, -0.1) is 0 Å². The quantitative estimate of drug-likeness (QED) is 0.453. The Morgan fingerprint density at radius 3 is 1.43 bits per heavy atom. The summed E-state index contributed by atoms with van der Waals surface area (Å²) in [6.45, 7) is 0. The molecule has 0 amide bonds. The first-order valence-electron chi connectivity index (χ1n) is 9.93. The first-order chi connectivity index (χ1) is 14.5. The van der Waals surface area contributed by atoms with Crippen LogP contribution in [-0.2, 0) is 0 Å². The lowest BCUT2D eigenvalue weighted by atomic mass is 10.1. The number of rotatable bonds is 4. The zero-order valence-electron chi connectivity index (χ0n) is 17.6. The third kappa shape index (κ3) is 3.06. The maximum atomic E-state index is 4.84. The van der Waals surface area contributed by atoms with Crippen LogP contribution in [0.15, 0.2) is 60.7 Å². The van der Waals surface area contributed by atoms with Crippen molar-refractivity contribution in [2.24, 2.45) is 0 Å². The Morgan fingerprint density at radius 2 is 1.03 bits per heavy atom. The van der Waals surface area contributed by atoms with E-state index in [9.17, 15) is 0 Å². The smallest absolute Gasteiger partial charge is 0.139 e. The SMILES string of the molecule is CN(C)c1ccc2nc(-c3ccccc3-c3nc4ccc(N(C)C)cc4[nH]3)[nH]c2c1. The Kier molecular flexibility index (Phi) is 4.20. The molecule has 0 aliphatic rings. The van der Waals surface area contributed by atoms with Gasteiger partial charge in [-0.25, -0.2) is 9.97 Å². The molecule has 0 unspecified atom stereocenters. The fourth-order valence-electron chi connectivity index (χ4n) is 3.70. The number of aromatic amines is 2. The number of hydrogen-bond donors (Lipinski definition) is 2. The molecule has 3 aromatic carbocycles. The van der Waals surface area contributed by atoms with Gasteiger partial charge >= 0.3 is 0 Å². The first kappa shape index (κ1) is 18.2. The molecule has 30 heavy (non-hydrogen) atoms. The molecule has 0 saturated carbocycles. The zero-order valence-corrected chi connectivity index (χ0v) is 17.6. The highest BCUT2D eigenvalue weighted by Gasteiger charge is 2.15. The number of benzene rings is 3. The fraction of sp³-hybridized carbons (Fsp3) is 0.167. The molecule has 2 heterocycles. The Bertz CT molecular complexity index is 1250. The highest BCUT2D eigenvalue weighted by Crippen LogP contribution is 2.32. The summed E-state index contributed by atoms with van der Waals surface area (Å²) < 4.78 is 0. The minimum atomic E-state index is 0.839. The average Bonchev–Trinajstić information content (AvgIpc) is 3.36. The monoisotopic (exact) mass is 396 g/mol. The predicted molar refractivity (Wildman–Crippen MR) is 125 cm³/mol. The molecule has 150 valence electrons. The molecule has 0 radical (unpaired) electrons. The number of nitrogens with one attached hydrogen (secondary N) is 2. The average molecular weight is 396 g/mol. The number of H-pyrrole nitrogens is 2. The van der Waals surface area contributed by atoms with E-state index >= 15 is 0 Å². The number of aromatic nitrogens is 4. The number of hydrogen-bond acceptors (Lipinski definition) is 4. The van der Waals surface area contributed by atoms with E-state index in [0.29, 0.717) is 0 Å². The summed E-state index contributed by atoms with van der Waals surface area (Å²) in [5.74, 6) is 1.68. The molecular weight excluding hydrogens is 372 g/mol. The summed E-state index contributed by atoms with van der Waals surface area (Å²) in [5.41, 5.74) is 8.26. The molecule has 0 spiro atoms. The van der Waals surface area contributed by atoms with E-state index in [4.69, 9.17) is 9.97 Å². The first-order valence-corrected chi connectivity index (χ1v) is 9.93. The summed E-state index contributed by atoms with van der Waals surface area (Å²) in [5, 5.41) is 0. The summed E-state index contributed by atoms with van der Waals surface area (Å²) in [6, 6.07) is 20.7. The van der Waals surface area contributed by atoms with Gasteiger partial charge in [-0.05, 0) is 36.4 Å². The van der Waals surface area contributed by atoms with Crippen LogP contribution in [0.1, 0.15) is 0 Å². The van der Waals surface area contributed by atoms with Crippen LogP contribution in [0, 0.1) is 0 Å². The van der Waals surface area contributed by atoms with Crippen LogP contribution in [0.25, 0.3) is 44.8 Å². The Morgan fingerprint density at radius 1 is 0.600 bits per heavy atom. The predicted octanol–water partition coefficient (Wildman–Crippen LogP) is 4.91. The number of imidazole rings is 2. The van der Waals surface area contributed by atoms with E-state index in [2.05, 4.69) is 68.3 Å². The van der Waals surface area contributed by atoms with E-state index in [1.54, 1.807) is 0 Å². The highest BCUT2D eigenvalue weighted by molar-refractivity contribution is 5.89. The topological polar surface area (TPSA) is 63.8 Å². The largest absolute Gasteiger partial charge is 0.378 e. The minimum absolute atomic E-state index is 0.839. The van der Waals surface area contributed by atoms with Gasteiger partial charge in [0.1, 0.15) is 11.6 Å². The zero-order chi connectivity index (χ0) is 20.8. The maximum absolute atomic E-state index is 4.84. The van der Waals surface area contributed by atoms with Crippen molar-refractivity contribution in [3.8, 4) is 22.8 Å². The van der Waals surface area contributed by atoms with Gasteiger partial charge in [0.05, 0.1) is 22.1 Å². The van der Waals surface area contributed by atoms with Gasteiger partial charge in [0.15, 0.2) is 0 Å². The molecule has 6 heteroatoms. The van der Waals surface area contributed by atoms with Gasteiger partial charge in [-0.2, -0.15) is 0 Å². The van der Waals surface area contributed by atoms with Gasteiger partial charge in [0.2, 0.25) is 0 Å². The standard InChI is InChI=1S/C24H24N6/c1-29(2)15-9-11-19-21(13-15)27-23(25-19)17-7-5-6-8-18(17)24-26-20-12-10-16(30(3)4)14-22(20)28-24/h5-14H,1-4H3,(H,25,27)(H,26,28). The van der Waals surface area contributed by atoms with Gasteiger partial charge in [0, 0.05) is 50.7 Å². The van der Waals surface area contributed by atoms with Crippen molar-refractivity contribution in [3.63, 3.8) is 0 Å². The molecule has 0 bridgehead atoms. The van der Waals surface area contributed by atoms with E-state index in [-0.39, 0.29) is 0 Å². The Balaban J connectivity index is 1.62. The van der Waals surface area contributed by atoms with Gasteiger partial charge < -0.3 is 19.8 Å². The molecule has 0 fully saturated rings. The van der Waals surface area contributed by atoms with Crippen LogP contribution < -0.4 is 9.80 Å². The molecular formula is C24H24N6. The molecule has 5 aromatic rings. The fourth-order valence-corrected chi connectivity index (χ4v) is 3.70. The van der Waals surface area contributed by atoms with Crippen molar-refractivity contribution in [3.05, 3.63) is 60.7 Å². The van der Waals surface area contributed by atoms with Gasteiger partial charge in [-0.3, -0.25) is 0 Å². The van der Waals surface area contributed by atoms with Crippen molar-refractivity contribution in [1.29, 1.82) is 0 Å². The van der Waals surface area contributed by atoms with Crippen LogP contribution in [0.2, 0.25) is 0 Å². The Labute approximate surface area is 175 Å². The summed E-state index contributed by atoms with van der Waals surface area (Å²) in [4.78, 5) is 20.8. The third-order valence-corrected chi connectivity index (χ3v) is 5.40. The van der Waals surface area contributed by atoms with E-state index in [0.717, 1.165) is 56.2 Å². The minimum Gasteiger partial charge on any atom is -0.378 e. The van der Waals surface area contributed by atoms with Crippen molar-refractivity contribution in [2.75, 3.05) is 38.0 Å². The van der Waals surface area contributed by atoms with Crippen LogP contribution in [0.5, 0.6) is 0 Å². The third-order valence-electron chi connectivity index (χ3n) is 5.40. The van der Waals surface area contributed by atoms with E-state index in [1.807, 2.05) is 40.3 Å². The maximum Gasteiger partial charge on any atom is 0.139 e. The van der Waals surface area contributed by atoms with Crippen molar-refractivity contribution in [2.45, 2.75) is 0 Å². The summed E-state index contributed by atoms with van der Waals surface area (Å²) >= 11 is 0. The molecule has 6 nitrogen and oxygen atoms in total. The normalized spacial score (nSPS) is 11.3.